The van der Waals surface area contributed by atoms with Gasteiger partial charge in [-0.05, 0) is 61.3 Å². The first-order chi connectivity index (χ1) is 11.6. The fraction of sp³-hybridized carbons (Fsp3) is 0.500. The molecule has 0 aliphatic carbocycles. The summed E-state index contributed by atoms with van der Waals surface area (Å²) in [5, 5.41) is 2.67. The third-order valence-electron chi connectivity index (χ3n) is 3.21. The zero-order valence-corrected chi connectivity index (χ0v) is 17.0. The van der Waals surface area contributed by atoms with Gasteiger partial charge in [-0.2, -0.15) is 0 Å². The molecule has 0 saturated heterocycles. The minimum Gasteiger partial charge on any atom is -0.452 e. The van der Waals surface area contributed by atoms with Gasteiger partial charge in [-0.25, -0.2) is 17.9 Å². The van der Waals surface area contributed by atoms with Crippen molar-refractivity contribution in [3.63, 3.8) is 0 Å². The Kier molecular flexibility index (Phi) is 8.04. The molecule has 0 aliphatic rings. The molecule has 9 heteroatoms. The topological polar surface area (TPSA) is 102 Å². The summed E-state index contributed by atoms with van der Waals surface area (Å²) < 4.78 is 32.2. The van der Waals surface area contributed by atoms with E-state index in [-0.39, 0.29) is 22.5 Å². The third kappa shape index (κ3) is 6.75. The van der Waals surface area contributed by atoms with Crippen molar-refractivity contribution in [2.75, 3.05) is 6.61 Å². The fourth-order valence-electron chi connectivity index (χ4n) is 1.83. The van der Waals surface area contributed by atoms with E-state index in [0.29, 0.717) is 4.47 Å². The second-order valence-electron chi connectivity index (χ2n) is 5.87. The van der Waals surface area contributed by atoms with Crippen LogP contribution in [0, 0.1) is 0 Å². The van der Waals surface area contributed by atoms with Gasteiger partial charge < -0.3 is 10.1 Å². The van der Waals surface area contributed by atoms with Crippen molar-refractivity contribution < 1.29 is 22.7 Å². The number of esters is 1. The quantitative estimate of drug-likeness (QED) is 0.610. The van der Waals surface area contributed by atoms with Crippen LogP contribution in [-0.2, 0) is 19.6 Å². The van der Waals surface area contributed by atoms with E-state index in [0.717, 1.165) is 6.42 Å². The Balaban J connectivity index is 2.89. The Hall–Kier alpha value is -1.45. The van der Waals surface area contributed by atoms with Crippen molar-refractivity contribution in [3.8, 4) is 0 Å². The molecular formula is C16H23BrN2O5S. The lowest BCUT2D eigenvalue weighted by Gasteiger charge is -2.13. The van der Waals surface area contributed by atoms with Gasteiger partial charge >= 0.3 is 5.97 Å². The van der Waals surface area contributed by atoms with Gasteiger partial charge in [0.1, 0.15) is 0 Å². The lowest BCUT2D eigenvalue weighted by atomic mass is 10.2. The maximum Gasteiger partial charge on any atom is 0.339 e. The van der Waals surface area contributed by atoms with Gasteiger partial charge in [0.15, 0.2) is 6.61 Å². The first-order valence-corrected chi connectivity index (χ1v) is 10.1. The Morgan fingerprint density at radius 3 is 2.44 bits per heavy atom. The summed E-state index contributed by atoms with van der Waals surface area (Å²) in [7, 11) is -3.74. The van der Waals surface area contributed by atoms with E-state index < -0.39 is 28.5 Å². The van der Waals surface area contributed by atoms with E-state index in [1.807, 2.05) is 13.8 Å². The normalized spacial score (nSPS) is 12.7. The van der Waals surface area contributed by atoms with Gasteiger partial charge in [0, 0.05) is 16.6 Å². The number of hydrogen-bond donors (Lipinski definition) is 2. The highest BCUT2D eigenvalue weighted by molar-refractivity contribution is 9.10. The lowest BCUT2D eigenvalue weighted by Crippen LogP contribution is -2.35. The van der Waals surface area contributed by atoms with Crippen LogP contribution in [0.1, 0.15) is 44.5 Å². The van der Waals surface area contributed by atoms with Crippen molar-refractivity contribution >= 4 is 37.8 Å². The Bertz CT molecular complexity index is 734. The molecule has 0 fully saturated rings. The van der Waals surface area contributed by atoms with Crippen molar-refractivity contribution in [1.82, 2.24) is 10.0 Å². The molecule has 0 unspecified atom stereocenters. The van der Waals surface area contributed by atoms with E-state index in [9.17, 15) is 18.0 Å². The smallest absolute Gasteiger partial charge is 0.339 e. The molecule has 0 aliphatic heterocycles. The molecule has 0 bridgehead atoms. The van der Waals surface area contributed by atoms with Crippen molar-refractivity contribution in [3.05, 3.63) is 28.2 Å². The van der Waals surface area contributed by atoms with Crippen LogP contribution in [0.15, 0.2) is 27.6 Å². The fourth-order valence-corrected chi connectivity index (χ4v) is 3.52. The van der Waals surface area contributed by atoms with E-state index in [1.165, 1.54) is 18.2 Å². The minimum absolute atomic E-state index is 0.0199. The number of sulfonamides is 1. The van der Waals surface area contributed by atoms with Crippen LogP contribution < -0.4 is 10.0 Å². The second kappa shape index (κ2) is 9.30. The van der Waals surface area contributed by atoms with Gasteiger partial charge in [0.05, 0.1) is 10.5 Å². The first kappa shape index (κ1) is 21.6. The molecule has 0 radical (unpaired) electrons. The molecule has 1 aromatic rings. The number of carbonyl (C=O) groups is 2. The average Bonchev–Trinajstić information content (AvgIpc) is 2.51. The van der Waals surface area contributed by atoms with E-state index in [2.05, 4.69) is 26.0 Å². The summed E-state index contributed by atoms with van der Waals surface area (Å²) in [6.07, 6.45) is 0.758. The number of carbonyl (C=O) groups excluding carboxylic acids is 2. The molecule has 7 nitrogen and oxygen atoms in total. The maximum atomic E-state index is 12.2. The number of benzene rings is 1. The predicted molar refractivity (Wildman–Crippen MR) is 97.8 cm³/mol. The largest absolute Gasteiger partial charge is 0.452 e. The van der Waals surface area contributed by atoms with Gasteiger partial charge in [0.2, 0.25) is 10.0 Å². The highest BCUT2D eigenvalue weighted by Gasteiger charge is 2.20. The van der Waals surface area contributed by atoms with Crippen LogP contribution in [0.5, 0.6) is 0 Å². The van der Waals surface area contributed by atoms with E-state index in [1.54, 1.807) is 13.8 Å². The zero-order chi connectivity index (χ0) is 19.2. The van der Waals surface area contributed by atoms with Crippen molar-refractivity contribution in [2.45, 2.75) is 51.1 Å². The second-order valence-corrected chi connectivity index (χ2v) is 8.44. The number of nitrogens with one attached hydrogen (secondary N) is 2. The summed E-state index contributed by atoms with van der Waals surface area (Å²) >= 11 is 3.19. The molecule has 0 spiro atoms. The van der Waals surface area contributed by atoms with Crippen LogP contribution >= 0.6 is 15.9 Å². The monoisotopic (exact) mass is 434 g/mol. The van der Waals surface area contributed by atoms with Gasteiger partial charge in [-0.3, -0.25) is 4.79 Å². The predicted octanol–water partition coefficient (Wildman–Crippen LogP) is 2.21. The first-order valence-electron chi connectivity index (χ1n) is 7.85. The Morgan fingerprint density at radius 2 is 1.88 bits per heavy atom. The molecule has 1 rings (SSSR count). The standard InChI is InChI=1S/C16H23BrN2O5S/c1-5-11(4)18-15(20)9-24-16(21)13-8-12(6-7-14(13)17)25(22,23)19-10(2)3/h6-8,10-11,19H,5,9H2,1-4H3,(H,18,20)/t11-/m1/s1. The maximum absolute atomic E-state index is 12.2. The molecule has 2 N–H and O–H groups in total. The average molecular weight is 435 g/mol. The Labute approximate surface area is 156 Å². The van der Waals surface area contributed by atoms with E-state index in [4.69, 9.17) is 4.74 Å². The molecule has 0 aromatic heterocycles. The van der Waals surface area contributed by atoms with Gasteiger partial charge in [-0.1, -0.05) is 6.92 Å². The summed E-state index contributed by atoms with van der Waals surface area (Å²) in [5.74, 6) is -1.20. The highest BCUT2D eigenvalue weighted by Crippen LogP contribution is 2.22. The van der Waals surface area contributed by atoms with Crippen LogP contribution in [-0.4, -0.2) is 39.0 Å². The van der Waals surface area contributed by atoms with Crippen LogP contribution in [0.4, 0.5) is 0 Å². The van der Waals surface area contributed by atoms with Crippen LogP contribution in [0.3, 0.4) is 0 Å². The van der Waals surface area contributed by atoms with Crippen LogP contribution in [0.25, 0.3) is 0 Å². The molecule has 1 aromatic carbocycles. The van der Waals surface area contributed by atoms with Crippen molar-refractivity contribution in [1.29, 1.82) is 0 Å². The molecule has 25 heavy (non-hydrogen) atoms. The number of hydrogen-bond acceptors (Lipinski definition) is 5. The zero-order valence-electron chi connectivity index (χ0n) is 14.6. The van der Waals surface area contributed by atoms with Gasteiger partial charge in [0.25, 0.3) is 5.91 Å². The number of halogens is 1. The van der Waals surface area contributed by atoms with Gasteiger partial charge in [-0.15, -0.1) is 0 Å². The van der Waals surface area contributed by atoms with Crippen LogP contribution in [0.2, 0.25) is 0 Å². The molecule has 0 heterocycles. The lowest BCUT2D eigenvalue weighted by molar-refractivity contribution is -0.124. The summed E-state index contributed by atoms with van der Waals surface area (Å²) in [5.41, 5.74) is 0.0305. The van der Waals surface area contributed by atoms with Crippen molar-refractivity contribution in [2.24, 2.45) is 0 Å². The Morgan fingerprint density at radius 1 is 1.24 bits per heavy atom. The molecule has 1 atom stereocenters. The molecule has 140 valence electrons. The molecule has 0 saturated carbocycles. The third-order valence-corrected chi connectivity index (χ3v) is 5.56. The summed E-state index contributed by atoms with van der Waals surface area (Å²) in [6.45, 7) is 6.72. The summed E-state index contributed by atoms with van der Waals surface area (Å²) in [4.78, 5) is 23.8. The number of ether oxygens (including phenoxy) is 1. The van der Waals surface area contributed by atoms with E-state index >= 15 is 0 Å². The molecular weight excluding hydrogens is 412 g/mol. The highest BCUT2D eigenvalue weighted by atomic mass is 79.9. The summed E-state index contributed by atoms with van der Waals surface area (Å²) in [6, 6.07) is 3.73. The molecule has 1 amide bonds. The number of rotatable bonds is 8. The number of amides is 1. The minimum atomic E-state index is -3.74. The SMILES string of the molecule is CC[C@@H](C)NC(=O)COC(=O)c1cc(S(=O)(=O)NC(C)C)ccc1Br.